The van der Waals surface area contributed by atoms with E-state index < -0.39 is 29.9 Å². The molecule has 2 atom stereocenters. The Bertz CT molecular complexity index is 627. The van der Waals surface area contributed by atoms with Gasteiger partial charge in [-0.05, 0) is 12.8 Å². The van der Waals surface area contributed by atoms with E-state index in [-0.39, 0.29) is 31.9 Å². The first-order chi connectivity index (χ1) is 12.3. The van der Waals surface area contributed by atoms with Gasteiger partial charge in [0.25, 0.3) is 0 Å². The number of nitrogens with two attached hydrogens (primary N) is 3. The van der Waals surface area contributed by atoms with Crippen LogP contribution < -0.4 is 27.8 Å². The Hall–Kier alpha value is -3.15. The zero-order valence-electron chi connectivity index (χ0n) is 14.1. The van der Waals surface area contributed by atoms with Crippen LogP contribution in [0.1, 0.15) is 18.5 Å². The van der Waals surface area contributed by atoms with Gasteiger partial charge >= 0.3 is 5.97 Å². The number of nitrogens with one attached hydrogen (secondary N) is 3. The van der Waals surface area contributed by atoms with Crippen LogP contribution in [0.25, 0.3) is 0 Å². The number of carboxylic acid groups (broad SMARTS) is 1. The molecule has 10 N–H and O–H groups in total. The summed E-state index contributed by atoms with van der Waals surface area (Å²) in [6, 6.07) is -2.14. The lowest BCUT2D eigenvalue weighted by Gasteiger charge is -2.21. The van der Waals surface area contributed by atoms with E-state index in [1.165, 1.54) is 12.5 Å². The topological polar surface area (TPSA) is 215 Å². The molecule has 0 saturated carbocycles. The van der Waals surface area contributed by atoms with Gasteiger partial charge in [-0.25, -0.2) is 9.78 Å². The molecule has 0 aliphatic heterocycles. The summed E-state index contributed by atoms with van der Waals surface area (Å²) in [4.78, 5) is 45.8. The molecule has 1 aromatic heterocycles. The van der Waals surface area contributed by atoms with E-state index in [4.69, 9.17) is 17.2 Å². The Labute approximate surface area is 149 Å². The largest absolute Gasteiger partial charge is 0.480 e. The highest BCUT2D eigenvalue weighted by molar-refractivity contribution is 5.91. The number of carboxylic acids is 1. The van der Waals surface area contributed by atoms with Crippen molar-refractivity contribution in [3.63, 3.8) is 0 Å². The van der Waals surface area contributed by atoms with Crippen molar-refractivity contribution >= 4 is 23.7 Å². The standard InChI is InChI=1S/C14H24N8O4/c15-5-11(23)21-10(4-8-6-18-7-20-8)12(24)22-9(13(25)26)2-1-3-19-14(16)17/h6-7,9-10H,1-5,15H2,(H,18,20)(H,21,23)(H,22,24)(H,25,26)(H4,16,17,19)/t9-,10-/m0/s1. The third-order valence-electron chi connectivity index (χ3n) is 3.38. The van der Waals surface area contributed by atoms with Crippen molar-refractivity contribution in [3.05, 3.63) is 18.2 Å². The molecule has 1 heterocycles. The fourth-order valence-corrected chi connectivity index (χ4v) is 2.11. The van der Waals surface area contributed by atoms with Crippen LogP contribution in [0.3, 0.4) is 0 Å². The van der Waals surface area contributed by atoms with E-state index in [0.717, 1.165) is 0 Å². The number of carbonyl (C=O) groups is 3. The summed E-state index contributed by atoms with van der Waals surface area (Å²) >= 11 is 0. The fourth-order valence-electron chi connectivity index (χ4n) is 2.11. The maximum atomic E-state index is 12.4. The number of amides is 2. The monoisotopic (exact) mass is 368 g/mol. The minimum atomic E-state index is -1.20. The summed E-state index contributed by atoms with van der Waals surface area (Å²) in [7, 11) is 0. The number of hydrogen-bond acceptors (Lipinski definition) is 6. The Kier molecular flexibility index (Phi) is 8.57. The van der Waals surface area contributed by atoms with E-state index in [2.05, 4.69) is 25.6 Å². The molecule has 0 aliphatic rings. The quantitative estimate of drug-likeness (QED) is 0.121. The fraction of sp³-hybridized carbons (Fsp3) is 0.500. The zero-order valence-corrected chi connectivity index (χ0v) is 14.1. The molecule has 12 heteroatoms. The van der Waals surface area contributed by atoms with Gasteiger partial charge in [-0.2, -0.15) is 0 Å². The van der Waals surface area contributed by atoms with Crippen molar-refractivity contribution in [2.24, 2.45) is 22.2 Å². The van der Waals surface area contributed by atoms with E-state index in [1.807, 2.05) is 0 Å². The Morgan fingerprint density at radius 2 is 2.00 bits per heavy atom. The van der Waals surface area contributed by atoms with Gasteiger partial charge < -0.3 is 37.9 Å². The van der Waals surface area contributed by atoms with Gasteiger partial charge in [0.2, 0.25) is 11.8 Å². The first kappa shape index (κ1) is 20.9. The molecular weight excluding hydrogens is 344 g/mol. The van der Waals surface area contributed by atoms with Gasteiger partial charge in [-0.3, -0.25) is 14.6 Å². The highest BCUT2D eigenvalue weighted by Gasteiger charge is 2.26. The van der Waals surface area contributed by atoms with Crippen molar-refractivity contribution < 1.29 is 19.5 Å². The van der Waals surface area contributed by atoms with E-state index in [9.17, 15) is 19.5 Å². The van der Waals surface area contributed by atoms with Gasteiger partial charge in [-0.15, -0.1) is 0 Å². The summed E-state index contributed by atoms with van der Waals surface area (Å²) in [5, 5.41) is 14.1. The van der Waals surface area contributed by atoms with Crippen LogP contribution in [-0.2, 0) is 20.8 Å². The maximum Gasteiger partial charge on any atom is 0.326 e. The number of aliphatic carboxylic acids is 1. The number of hydrogen-bond donors (Lipinski definition) is 7. The average Bonchev–Trinajstić information content (AvgIpc) is 3.09. The van der Waals surface area contributed by atoms with Gasteiger partial charge in [0.05, 0.1) is 12.9 Å². The van der Waals surface area contributed by atoms with Gasteiger partial charge in [0, 0.05) is 24.9 Å². The van der Waals surface area contributed by atoms with Crippen LogP contribution in [0.4, 0.5) is 0 Å². The molecule has 0 unspecified atom stereocenters. The number of aromatic amines is 1. The summed E-state index contributed by atoms with van der Waals surface area (Å²) in [6.45, 7) is -0.0584. The number of carbonyl (C=O) groups excluding carboxylic acids is 2. The Morgan fingerprint density at radius 1 is 1.27 bits per heavy atom. The van der Waals surface area contributed by atoms with Gasteiger partial charge in [0.1, 0.15) is 12.1 Å². The highest BCUT2D eigenvalue weighted by Crippen LogP contribution is 2.03. The summed E-state index contributed by atoms with van der Waals surface area (Å²) < 4.78 is 0. The number of aromatic nitrogens is 2. The van der Waals surface area contributed by atoms with Crippen molar-refractivity contribution in [1.29, 1.82) is 0 Å². The number of aliphatic imine (C=N–C) groups is 1. The SMILES string of the molecule is NCC(=O)N[C@@H](Cc1cnc[nH]1)C(=O)N[C@@H](CCCN=C(N)N)C(=O)O. The number of guanidine groups is 1. The molecular formula is C14H24N8O4. The van der Waals surface area contributed by atoms with Gasteiger partial charge in [0.15, 0.2) is 5.96 Å². The summed E-state index contributed by atoms with van der Waals surface area (Å²) in [5.74, 6) is -2.47. The summed E-state index contributed by atoms with van der Waals surface area (Å²) in [6.07, 6.45) is 3.52. The van der Waals surface area contributed by atoms with Crippen LogP contribution in [0.15, 0.2) is 17.5 Å². The molecule has 1 rings (SSSR count). The lowest BCUT2D eigenvalue weighted by Crippen LogP contribution is -2.53. The molecule has 0 spiro atoms. The predicted molar refractivity (Wildman–Crippen MR) is 92.8 cm³/mol. The van der Waals surface area contributed by atoms with Crippen LogP contribution in [-0.4, -0.2) is 64.0 Å². The molecule has 0 saturated heterocycles. The minimum absolute atomic E-state index is 0.0926. The first-order valence-corrected chi connectivity index (χ1v) is 7.88. The maximum absolute atomic E-state index is 12.4. The van der Waals surface area contributed by atoms with Crippen molar-refractivity contribution in [1.82, 2.24) is 20.6 Å². The van der Waals surface area contributed by atoms with Crippen LogP contribution >= 0.6 is 0 Å². The summed E-state index contributed by atoms with van der Waals surface area (Å²) in [5.41, 5.74) is 16.3. The molecule has 26 heavy (non-hydrogen) atoms. The van der Waals surface area contributed by atoms with E-state index >= 15 is 0 Å². The lowest BCUT2D eigenvalue weighted by atomic mass is 10.1. The average molecular weight is 368 g/mol. The van der Waals surface area contributed by atoms with Crippen molar-refractivity contribution in [2.45, 2.75) is 31.3 Å². The predicted octanol–water partition coefficient (Wildman–Crippen LogP) is -2.98. The smallest absolute Gasteiger partial charge is 0.326 e. The second-order valence-electron chi connectivity index (χ2n) is 5.45. The highest BCUT2D eigenvalue weighted by atomic mass is 16.4. The molecule has 2 amide bonds. The molecule has 0 aromatic carbocycles. The normalized spacial score (nSPS) is 12.7. The van der Waals surface area contributed by atoms with Gasteiger partial charge in [-0.1, -0.05) is 0 Å². The Morgan fingerprint density at radius 3 is 2.54 bits per heavy atom. The molecule has 144 valence electrons. The number of imidazole rings is 1. The number of rotatable bonds is 11. The minimum Gasteiger partial charge on any atom is -0.480 e. The van der Waals surface area contributed by atoms with Crippen LogP contribution in [0, 0.1) is 0 Å². The Balaban J connectivity index is 2.71. The number of H-pyrrole nitrogens is 1. The molecule has 0 bridgehead atoms. The van der Waals surface area contributed by atoms with E-state index in [1.54, 1.807) is 0 Å². The molecule has 0 fully saturated rings. The molecule has 1 aromatic rings. The van der Waals surface area contributed by atoms with Crippen molar-refractivity contribution in [3.8, 4) is 0 Å². The third-order valence-corrected chi connectivity index (χ3v) is 3.38. The molecule has 12 nitrogen and oxygen atoms in total. The lowest BCUT2D eigenvalue weighted by molar-refractivity contribution is -0.142. The number of nitrogens with zero attached hydrogens (tertiary/aromatic N) is 2. The zero-order chi connectivity index (χ0) is 19.5. The third kappa shape index (κ3) is 7.61. The molecule has 0 aliphatic carbocycles. The van der Waals surface area contributed by atoms with E-state index in [0.29, 0.717) is 12.1 Å². The van der Waals surface area contributed by atoms with Crippen LogP contribution in [0.5, 0.6) is 0 Å². The van der Waals surface area contributed by atoms with Crippen LogP contribution in [0.2, 0.25) is 0 Å². The second-order valence-corrected chi connectivity index (χ2v) is 5.45. The first-order valence-electron chi connectivity index (χ1n) is 7.88. The second kappa shape index (κ2) is 10.7. The molecule has 0 radical (unpaired) electrons. The van der Waals surface area contributed by atoms with Crippen molar-refractivity contribution in [2.75, 3.05) is 13.1 Å².